The van der Waals surface area contributed by atoms with E-state index in [1.807, 2.05) is 6.07 Å². The molecule has 1 aromatic heterocycles. The van der Waals surface area contributed by atoms with Crippen molar-refractivity contribution in [2.75, 3.05) is 19.5 Å². The minimum Gasteiger partial charge on any atom is -0.609 e. The summed E-state index contributed by atoms with van der Waals surface area (Å²) in [5.74, 6) is 0.177. The van der Waals surface area contributed by atoms with Crippen LogP contribution in [-0.4, -0.2) is 40.1 Å². The molecule has 2 heterocycles. The second kappa shape index (κ2) is 4.65. The number of rotatable bonds is 3. The third-order valence-corrected chi connectivity index (χ3v) is 2.71. The van der Waals surface area contributed by atoms with Crippen molar-refractivity contribution < 1.29 is 14.0 Å². The lowest BCUT2D eigenvalue weighted by molar-refractivity contribution is -0.0817. The average Bonchev–Trinajstić information content (AvgIpc) is 2.23. The van der Waals surface area contributed by atoms with Gasteiger partial charge in [-0.1, -0.05) is 0 Å². The fourth-order valence-electron chi connectivity index (χ4n) is 1.10. The summed E-state index contributed by atoms with van der Waals surface area (Å²) in [6.07, 6.45) is 2.70. The molecular weight excluding hydrogens is 230 g/mol. The summed E-state index contributed by atoms with van der Waals surface area (Å²) in [7, 11) is 0. The van der Waals surface area contributed by atoms with E-state index in [1.165, 1.54) is 12.5 Å². The third kappa shape index (κ3) is 2.24. The second-order valence-electron chi connectivity index (χ2n) is 3.21. The first-order valence-corrected chi connectivity index (χ1v) is 6.11. The van der Waals surface area contributed by atoms with Crippen LogP contribution in [0.5, 0.6) is 5.88 Å². The monoisotopic (exact) mass is 239 g/mol. The summed E-state index contributed by atoms with van der Waals surface area (Å²) in [6, 6.07) is 1.93. The number of ether oxygens (including phenoxy) is 2. The fourth-order valence-corrected chi connectivity index (χ4v) is 1.51. The van der Waals surface area contributed by atoms with Crippen LogP contribution in [0.3, 0.4) is 0 Å². The predicted molar refractivity (Wildman–Crippen MR) is 54.3 cm³/mol. The summed E-state index contributed by atoms with van der Waals surface area (Å²) in [6.45, 7) is 0.971. The number of hydrogen-bond donors (Lipinski definition) is 0. The van der Waals surface area contributed by atoms with E-state index in [4.69, 9.17) is 14.7 Å². The maximum Gasteiger partial charge on any atom is 0.345 e. The number of aromatic nitrogens is 2. The van der Waals surface area contributed by atoms with E-state index >= 15 is 0 Å². The molecule has 84 valence electrons. The molecule has 1 saturated heterocycles. The standard InChI is InChI=1S/C9H9N3O3S/c1-16(13)9-11-3-6(2-10)8(12-9)15-7-4-14-5-7/h3,7H,4-5H2,1H3. The van der Waals surface area contributed by atoms with Crippen molar-refractivity contribution in [2.24, 2.45) is 0 Å². The summed E-state index contributed by atoms with van der Waals surface area (Å²) in [5, 5.41) is 9.00. The van der Waals surface area contributed by atoms with Gasteiger partial charge in [0, 0.05) is 11.2 Å². The summed E-state index contributed by atoms with van der Waals surface area (Å²) in [4.78, 5) is 7.77. The van der Waals surface area contributed by atoms with Crippen LogP contribution < -0.4 is 4.74 Å². The highest BCUT2D eigenvalue weighted by atomic mass is 32.2. The van der Waals surface area contributed by atoms with Crippen molar-refractivity contribution in [1.29, 1.82) is 5.26 Å². The minimum atomic E-state index is -1.29. The van der Waals surface area contributed by atoms with Gasteiger partial charge in [-0.05, 0) is 0 Å². The highest BCUT2D eigenvalue weighted by Crippen LogP contribution is 2.19. The molecule has 0 saturated carbocycles. The average molecular weight is 239 g/mol. The van der Waals surface area contributed by atoms with E-state index in [1.54, 1.807) is 0 Å². The fraction of sp³-hybridized carbons (Fsp3) is 0.444. The van der Waals surface area contributed by atoms with Crippen LogP contribution in [0, 0.1) is 11.3 Å². The molecule has 0 aliphatic carbocycles. The number of nitrogens with zero attached hydrogens (tertiary/aromatic N) is 3. The predicted octanol–water partition coefficient (Wildman–Crippen LogP) is -0.137. The molecule has 1 aromatic rings. The second-order valence-corrected chi connectivity index (χ2v) is 4.49. The largest absolute Gasteiger partial charge is 0.609 e. The van der Waals surface area contributed by atoms with Crippen LogP contribution in [-0.2, 0) is 15.9 Å². The van der Waals surface area contributed by atoms with Crippen LogP contribution in [0.4, 0.5) is 0 Å². The van der Waals surface area contributed by atoms with Crippen molar-refractivity contribution in [3.63, 3.8) is 0 Å². The van der Waals surface area contributed by atoms with E-state index in [0.29, 0.717) is 13.2 Å². The van der Waals surface area contributed by atoms with Crippen molar-refractivity contribution in [1.82, 2.24) is 9.97 Å². The van der Waals surface area contributed by atoms with Crippen molar-refractivity contribution in [3.8, 4) is 11.9 Å². The first-order valence-electron chi connectivity index (χ1n) is 4.55. The molecule has 0 N–H and O–H groups in total. The first-order chi connectivity index (χ1) is 7.70. The maximum absolute atomic E-state index is 11.2. The molecule has 16 heavy (non-hydrogen) atoms. The first kappa shape index (κ1) is 11.1. The van der Waals surface area contributed by atoms with Crippen molar-refractivity contribution in [3.05, 3.63) is 11.8 Å². The number of hydrogen-bond acceptors (Lipinski definition) is 6. The van der Waals surface area contributed by atoms with Gasteiger partial charge < -0.3 is 14.0 Å². The lowest BCUT2D eigenvalue weighted by Crippen LogP contribution is -2.39. The molecule has 1 aliphatic heterocycles. The lowest BCUT2D eigenvalue weighted by Gasteiger charge is -2.26. The quantitative estimate of drug-likeness (QED) is 0.538. The Bertz CT molecular complexity index is 428. The van der Waals surface area contributed by atoms with E-state index in [9.17, 15) is 4.55 Å². The van der Waals surface area contributed by atoms with E-state index in [2.05, 4.69) is 9.97 Å². The lowest BCUT2D eigenvalue weighted by atomic mass is 10.3. The van der Waals surface area contributed by atoms with Gasteiger partial charge in [-0.15, -0.1) is 4.98 Å². The van der Waals surface area contributed by atoms with E-state index in [-0.39, 0.29) is 22.7 Å². The zero-order valence-electron chi connectivity index (χ0n) is 8.54. The normalized spacial score (nSPS) is 17.3. The molecule has 0 bridgehead atoms. The van der Waals surface area contributed by atoms with Gasteiger partial charge in [-0.3, -0.25) is 0 Å². The van der Waals surface area contributed by atoms with Gasteiger partial charge in [0.25, 0.3) is 0 Å². The van der Waals surface area contributed by atoms with Crippen LogP contribution in [0.2, 0.25) is 0 Å². The van der Waals surface area contributed by atoms with E-state index < -0.39 is 11.2 Å². The molecule has 1 atom stereocenters. The third-order valence-electron chi connectivity index (χ3n) is 2.00. The molecule has 0 spiro atoms. The van der Waals surface area contributed by atoms with Gasteiger partial charge in [-0.25, -0.2) is 0 Å². The van der Waals surface area contributed by atoms with Gasteiger partial charge >= 0.3 is 5.16 Å². The zero-order valence-corrected chi connectivity index (χ0v) is 9.36. The summed E-state index contributed by atoms with van der Waals surface area (Å²) < 4.78 is 21.6. The Labute approximate surface area is 95.4 Å². The zero-order chi connectivity index (χ0) is 11.5. The summed E-state index contributed by atoms with van der Waals surface area (Å²) >= 11 is -1.29. The Morgan fingerprint density at radius 3 is 2.94 bits per heavy atom. The Morgan fingerprint density at radius 1 is 1.69 bits per heavy atom. The van der Waals surface area contributed by atoms with Gasteiger partial charge in [0.2, 0.25) is 5.88 Å². The van der Waals surface area contributed by atoms with Crippen LogP contribution in [0.1, 0.15) is 5.56 Å². The molecule has 1 fully saturated rings. The molecule has 0 aromatic carbocycles. The molecule has 0 radical (unpaired) electrons. The van der Waals surface area contributed by atoms with E-state index in [0.717, 1.165) is 0 Å². The molecule has 1 aliphatic rings. The van der Waals surface area contributed by atoms with Gasteiger partial charge in [0.1, 0.15) is 24.0 Å². The molecular formula is C9H9N3O3S. The topological polar surface area (TPSA) is 91.1 Å². The molecule has 7 heteroatoms. The minimum absolute atomic E-state index is 0.0832. The Hall–Kier alpha value is -1.36. The smallest absolute Gasteiger partial charge is 0.345 e. The van der Waals surface area contributed by atoms with Gasteiger partial charge in [0.05, 0.1) is 19.4 Å². The SMILES string of the molecule is C[S+]([O-])c1ncc(C#N)c(OC2COC2)n1. The van der Waals surface area contributed by atoms with Crippen molar-refractivity contribution >= 4 is 11.2 Å². The summed E-state index contributed by atoms with van der Waals surface area (Å²) in [5.41, 5.74) is 0.237. The Balaban J connectivity index is 2.24. The van der Waals surface area contributed by atoms with Gasteiger partial charge in [0.15, 0.2) is 0 Å². The highest BCUT2D eigenvalue weighted by molar-refractivity contribution is 7.90. The van der Waals surface area contributed by atoms with Crippen LogP contribution >= 0.6 is 0 Å². The molecule has 0 amide bonds. The molecule has 2 rings (SSSR count). The molecule has 1 unspecified atom stereocenters. The van der Waals surface area contributed by atoms with Gasteiger partial charge in [-0.2, -0.15) is 10.2 Å². The Morgan fingerprint density at radius 2 is 2.44 bits per heavy atom. The Kier molecular flexibility index (Phi) is 3.24. The highest BCUT2D eigenvalue weighted by Gasteiger charge is 2.23. The number of nitriles is 1. The van der Waals surface area contributed by atoms with Crippen molar-refractivity contribution in [2.45, 2.75) is 11.3 Å². The molecule has 6 nitrogen and oxygen atoms in total. The van der Waals surface area contributed by atoms with Crippen LogP contribution in [0.15, 0.2) is 11.4 Å². The maximum atomic E-state index is 11.2. The van der Waals surface area contributed by atoms with Crippen LogP contribution in [0.25, 0.3) is 0 Å².